The van der Waals surface area contributed by atoms with Gasteiger partial charge in [0.2, 0.25) is 0 Å². The number of aromatic nitrogens is 1. The monoisotopic (exact) mass is 209 g/mol. The number of hydrogen-bond acceptors (Lipinski definition) is 2. The van der Waals surface area contributed by atoms with E-state index in [9.17, 15) is 4.79 Å². The number of nitrogens with zero attached hydrogens (tertiary/aromatic N) is 1. The molecule has 0 saturated carbocycles. The van der Waals surface area contributed by atoms with Crippen molar-refractivity contribution in [3.05, 3.63) is 27.0 Å². The van der Waals surface area contributed by atoms with Crippen molar-refractivity contribution in [2.45, 2.75) is 0 Å². The molecule has 1 aromatic heterocycles. The van der Waals surface area contributed by atoms with Crippen LogP contribution >= 0.6 is 34.8 Å². The van der Waals surface area contributed by atoms with Crippen molar-refractivity contribution < 1.29 is 4.79 Å². The zero-order chi connectivity index (χ0) is 8.43. The lowest BCUT2D eigenvalue weighted by molar-refractivity contribution is 0.112. The van der Waals surface area contributed by atoms with Gasteiger partial charge >= 0.3 is 0 Å². The highest BCUT2D eigenvalue weighted by Crippen LogP contribution is 2.27. The Bertz CT molecular complexity index is 300. The molecule has 11 heavy (non-hydrogen) atoms. The summed E-state index contributed by atoms with van der Waals surface area (Å²) in [5.74, 6) is 0. The van der Waals surface area contributed by atoms with E-state index in [2.05, 4.69) is 4.98 Å². The van der Waals surface area contributed by atoms with E-state index in [1.165, 1.54) is 6.20 Å². The summed E-state index contributed by atoms with van der Waals surface area (Å²) >= 11 is 16.7. The molecular weight excluding hydrogens is 208 g/mol. The van der Waals surface area contributed by atoms with Crippen LogP contribution in [0.2, 0.25) is 15.2 Å². The molecule has 0 bridgehead atoms. The molecule has 0 fully saturated rings. The highest BCUT2D eigenvalue weighted by Gasteiger charge is 2.08. The molecule has 1 aromatic rings. The van der Waals surface area contributed by atoms with Gasteiger partial charge in [-0.25, -0.2) is 4.98 Å². The van der Waals surface area contributed by atoms with E-state index >= 15 is 0 Å². The molecule has 0 saturated heterocycles. The standard InChI is InChI=1S/C6H2Cl3NO/c7-4-1-10-6(9)5(8)3(4)2-11/h1-2H. The summed E-state index contributed by atoms with van der Waals surface area (Å²) in [4.78, 5) is 14.0. The summed E-state index contributed by atoms with van der Waals surface area (Å²) in [5, 5.41) is 0.377. The molecule has 0 aliphatic carbocycles. The normalized spacial score (nSPS) is 9.73. The lowest BCUT2D eigenvalue weighted by Crippen LogP contribution is -1.87. The predicted molar refractivity (Wildman–Crippen MR) is 44.7 cm³/mol. The Hall–Kier alpha value is -0.310. The van der Waals surface area contributed by atoms with Crippen molar-refractivity contribution in [2.75, 3.05) is 0 Å². The van der Waals surface area contributed by atoms with Gasteiger partial charge in [0.25, 0.3) is 0 Å². The Kier molecular flexibility index (Phi) is 2.71. The van der Waals surface area contributed by atoms with Crippen molar-refractivity contribution in [1.29, 1.82) is 0 Å². The third-order valence-corrected chi connectivity index (χ3v) is 2.15. The van der Waals surface area contributed by atoms with Crippen molar-refractivity contribution >= 4 is 41.1 Å². The number of rotatable bonds is 1. The summed E-state index contributed by atoms with van der Waals surface area (Å²) in [6.45, 7) is 0. The van der Waals surface area contributed by atoms with E-state index in [0.717, 1.165) is 0 Å². The van der Waals surface area contributed by atoms with Gasteiger partial charge in [0.1, 0.15) is 5.15 Å². The molecule has 0 aromatic carbocycles. The van der Waals surface area contributed by atoms with Crippen molar-refractivity contribution in [3.63, 3.8) is 0 Å². The minimum Gasteiger partial charge on any atom is -0.298 e. The van der Waals surface area contributed by atoms with Crippen LogP contribution in [0.25, 0.3) is 0 Å². The average Bonchev–Trinajstić information content (AvgIpc) is 1.99. The minimum atomic E-state index is 0.0816. The van der Waals surface area contributed by atoms with Gasteiger partial charge in [-0.1, -0.05) is 34.8 Å². The maximum absolute atomic E-state index is 10.3. The molecule has 0 amide bonds. The topological polar surface area (TPSA) is 30.0 Å². The highest BCUT2D eigenvalue weighted by molar-refractivity contribution is 6.44. The molecule has 1 heterocycles. The molecule has 1 rings (SSSR count). The Balaban J connectivity index is 3.40. The number of aldehydes is 1. The highest BCUT2D eigenvalue weighted by atomic mass is 35.5. The van der Waals surface area contributed by atoms with Crippen LogP contribution in [0.1, 0.15) is 10.4 Å². The fourth-order valence-corrected chi connectivity index (χ4v) is 1.15. The van der Waals surface area contributed by atoms with Crippen LogP contribution in [0.4, 0.5) is 0 Å². The van der Waals surface area contributed by atoms with Gasteiger partial charge in [0, 0.05) is 6.20 Å². The molecule has 0 aliphatic rings. The molecule has 0 aliphatic heterocycles. The maximum atomic E-state index is 10.3. The van der Waals surface area contributed by atoms with Gasteiger partial charge < -0.3 is 0 Å². The lowest BCUT2D eigenvalue weighted by Gasteiger charge is -1.98. The van der Waals surface area contributed by atoms with E-state index < -0.39 is 0 Å². The molecule has 0 N–H and O–H groups in total. The van der Waals surface area contributed by atoms with E-state index in [0.29, 0.717) is 6.29 Å². The van der Waals surface area contributed by atoms with Crippen molar-refractivity contribution in [1.82, 2.24) is 4.98 Å². The summed E-state index contributed by atoms with van der Waals surface area (Å²) in [5.41, 5.74) is 0.174. The second-order valence-electron chi connectivity index (χ2n) is 1.74. The first-order valence-electron chi connectivity index (χ1n) is 2.61. The second kappa shape index (κ2) is 3.39. The van der Waals surface area contributed by atoms with Gasteiger partial charge in [0.15, 0.2) is 6.29 Å². The largest absolute Gasteiger partial charge is 0.298 e. The van der Waals surface area contributed by atoms with Crippen LogP contribution in [0.15, 0.2) is 6.20 Å². The third kappa shape index (κ3) is 1.64. The zero-order valence-electron chi connectivity index (χ0n) is 5.14. The zero-order valence-corrected chi connectivity index (χ0v) is 7.41. The number of carbonyl (C=O) groups excluding carboxylic acids is 1. The first-order valence-corrected chi connectivity index (χ1v) is 3.75. The van der Waals surface area contributed by atoms with Gasteiger partial charge in [-0.15, -0.1) is 0 Å². The molecule has 0 spiro atoms. The first kappa shape index (κ1) is 8.78. The van der Waals surface area contributed by atoms with Gasteiger partial charge in [-0.3, -0.25) is 4.79 Å². The minimum absolute atomic E-state index is 0.0816. The van der Waals surface area contributed by atoms with Crippen molar-refractivity contribution in [2.24, 2.45) is 0 Å². The molecule has 0 unspecified atom stereocenters. The lowest BCUT2D eigenvalue weighted by atomic mass is 10.3. The Morgan fingerprint density at radius 1 is 1.36 bits per heavy atom. The van der Waals surface area contributed by atoms with Gasteiger partial charge in [-0.2, -0.15) is 0 Å². The number of carbonyl (C=O) groups is 1. The molecule has 58 valence electrons. The SMILES string of the molecule is O=Cc1c(Cl)cnc(Cl)c1Cl. The summed E-state index contributed by atoms with van der Waals surface area (Å²) in [7, 11) is 0. The van der Waals surface area contributed by atoms with E-state index in [4.69, 9.17) is 34.8 Å². The fourth-order valence-electron chi connectivity index (χ4n) is 0.564. The summed E-state index contributed by atoms with van der Waals surface area (Å²) in [6.07, 6.45) is 1.82. The Morgan fingerprint density at radius 2 is 2.00 bits per heavy atom. The Morgan fingerprint density at radius 3 is 2.45 bits per heavy atom. The Labute approximate surface area is 78.1 Å². The third-order valence-electron chi connectivity index (χ3n) is 1.08. The van der Waals surface area contributed by atoms with Crippen LogP contribution < -0.4 is 0 Å². The van der Waals surface area contributed by atoms with E-state index in [1.807, 2.05) is 0 Å². The average molecular weight is 210 g/mol. The van der Waals surface area contributed by atoms with E-state index in [-0.39, 0.29) is 20.8 Å². The van der Waals surface area contributed by atoms with E-state index in [1.54, 1.807) is 0 Å². The second-order valence-corrected chi connectivity index (χ2v) is 2.89. The molecular formula is C6H2Cl3NO. The molecule has 5 heteroatoms. The fraction of sp³-hybridized carbons (Fsp3) is 0. The number of hydrogen-bond donors (Lipinski definition) is 0. The predicted octanol–water partition coefficient (Wildman–Crippen LogP) is 2.85. The van der Waals surface area contributed by atoms with Crippen LogP contribution in [-0.2, 0) is 0 Å². The van der Waals surface area contributed by atoms with Crippen LogP contribution in [0.3, 0.4) is 0 Å². The molecule has 2 nitrogen and oxygen atoms in total. The molecule has 0 radical (unpaired) electrons. The molecule has 0 atom stereocenters. The number of halogens is 3. The van der Waals surface area contributed by atoms with Gasteiger partial charge in [-0.05, 0) is 0 Å². The van der Waals surface area contributed by atoms with Crippen LogP contribution in [-0.4, -0.2) is 11.3 Å². The maximum Gasteiger partial charge on any atom is 0.153 e. The van der Waals surface area contributed by atoms with Gasteiger partial charge in [0.05, 0.1) is 15.6 Å². The quantitative estimate of drug-likeness (QED) is 0.527. The smallest absolute Gasteiger partial charge is 0.153 e. The summed E-state index contributed by atoms with van der Waals surface area (Å²) in [6, 6.07) is 0. The van der Waals surface area contributed by atoms with Crippen molar-refractivity contribution in [3.8, 4) is 0 Å². The summed E-state index contributed by atoms with van der Waals surface area (Å²) < 4.78 is 0. The first-order chi connectivity index (χ1) is 5.16. The van der Waals surface area contributed by atoms with Crippen LogP contribution in [0.5, 0.6) is 0 Å². The van der Waals surface area contributed by atoms with Crippen LogP contribution in [0, 0.1) is 0 Å². The number of pyridine rings is 1.